The highest BCUT2D eigenvalue weighted by Crippen LogP contribution is 2.25. The van der Waals surface area contributed by atoms with Gasteiger partial charge in [-0.05, 0) is 49.9 Å². The molecule has 20 heavy (non-hydrogen) atoms. The van der Waals surface area contributed by atoms with Crippen molar-refractivity contribution in [3.63, 3.8) is 0 Å². The van der Waals surface area contributed by atoms with E-state index in [1.54, 1.807) is 6.07 Å². The Morgan fingerprint density at radius 3 is 2.70 bits per heavy atom. The number of esters is 1. The number of methoxy groups -OCH3 is 1. The third kappa shape index (κ3) is 3.79. The van der Waals surface area contributed by atoms with Gasteiger partial charge in [0.05, 0.1) is 12.8 Å². The molecule has 1 aliphatic rings. The SMILES string of the molecule is COC(=O)c1cccc(CN2CCC(C(C)C)CC2)n1. The van der Waals surface area contributed by atoms with Crippen LogP contribution in [-0.2, 0) is 11.3 Å². The summed E-state index contributed by atoms with van der Waals surface area (Å²) < 4.78 is 4.71. The molecule has 1 fully saturated rings. The molecule has 0 amide bonds. The maximum atomic E-state index is 11.5. The Kier molecular flexibility index (Phi) is 5.12. The maximum absolute atomic E-state index is 11.5. The van der Waals surface area contributed by atoms with Gasteiger partial charge < -0.3 is 4.74 Å². The van der Waals surface area contributed by atoms with Crippen LogP contribution in [0.3, 0.4) is 0 Å². The first-order chi connectivity index (χ1) is 9.60. The van der Waals surface area contributed by atoms with Crippen molar-refractivity contribution in [2.24, 2.45) is 11.8 Å². The van der Waals surface area contributed by atoms with Gasteiger partial charge in [-0.15, -0.1) is 0 Å². The summed E-state index contributed by atoms with van der Waals surface area (Å²) in [5.74, 6) is 1.25. The smallest absolute Gasteiger partial charge is 0.356 e. The number of hydrogen-bond acceptors (Lipinski definition) is 4. The summed E-state index contributed by atoms with van der Waals surface area (Å²) >= 11 is 0. The molecule has 0 spiro atoms. The van der Waals surface area contributed by atoms with Crippen molar-refractivity contribution in [1.82, 2.24) is 9.88 Å². The number of carbonyl (C=O) groups excluding carboxylic acids is 1. The molecule has 1 aliphatic heterocycles. The Balaban J connectivity index is 1.93. The summed E-state index contributed by atoms with van der Waals surface area (Å²) in [6, 6.07) is 5.54. The largest absolute Gasteiger partial charge is 0.464 e. The minimum Gasteiger partial charge on any atom is -0.464 e. The molecule has 0 aromatic carbocycles. The summed E-state index contributed by atoms with van der Waals surface area (Å²) in [6.45, 7) is 7.67. The summed E-state index contributed by atoms with van der Waals surface area (Å²) in [6.07, 6.45) is 2.52. The first-order valence-corrected chi connectivity index (χ1v) is 7.36. The van der Waals surface area contributed by atoms with Crippen LogP contribution in [0.15, 0.2) is 18.2 Å². The van der Waals surface area contributed by atoms with E-state index in [9.17, 15) is 4.79 Å². The third-order valence-corrected chi connectivity index (χ3v) is 4.16. The predicted octanol–water partition coefficient (Wildman–Crippen LogP) is 2.74. The fourth-order valence-electron chi connectivity index (χ4n) is 2.79. The molecule has 110 valence electrons. The monoisotopic (exact) mass is 276 g/mol. The second-order valence-electron chi connectivity index (χ2n) is 5.86. The lowest BCUT2D eigenvalue weighted by Crippen LogP contribution is -2.35. The lowest BCUT2D eigenvalue weighted by Gasteiger charge is -2.33. The fraction of sp³-hybridized carbons (Fsp3) is 0.625. The number of hydrogen-bond donors (Lipinski definition) is 0. The standard InChI is InChI=1S/C16H24N2O2/c1-12(2)13-7-9-18(10-8-13)11-14-5-4-6-15(17-14)16(19)20-3/h4-6,12-13H,7-11H2,1-3H3. The molecule has 0 aliphatic carbocycles. The lowest BCUT2D eigenvalue weighted by molar-refractivity contribution is 0.0593. The number of likely N-dealkylation sites (tertiary alicyclic amines) is 1. The van der Waals surface area contributed by atoms with Crippen LogP contribution < -0.4 is 0 Å². The molecule has 0 atom stereocenters. The molecule has 0 N–H and O–H groups in total. The molecule has 0 saturated carbocycles. The molecule has 0 unspecified atom stereocenters. The average molecular weight is 276 g/mol. The molecule has 1 aromatic heterocycles. The number of rotatable bonds is 4. The molecular weight excluding hydrogens is 252 g/mol. The number of pyridine rings is 1. The molecule has 0 radical (unpaired) electrons. The van der Waals surface area contributed by atoms with E-state index in [-0.39, 0.29) is 5.97 Å². The number of nitrogens with zero attached hydrogens (tertiary/aromatic N) is 2. The lowest BCUT2D eigenvalue weighted by atomic mass is 9.87. The Bertz CT molecular complexity index is 452. The molecule has 2 rings (SSSR count). The molecular formula is C16H24N2O2. The molecule has 4 heteroatoms. The number of piperidine rings is 1. The Labute approximate surface area is 121 Å². The van der Waals surface area contributed by atoms with Gasteiger partial charge in [-0.25, -0.2) is 9.78 Å². The Morgan fingerprint density at radius 1 is 1.40 bits per heavy atom. The van der Waals surface area contributed by atoms with Crippen LogP contribution in [0.2, 0.25) is 0 Å². The van der Waals surface area contributed by atoms with Crippen molar-refractivity contribution in [1.29, 1.82) is 0 Å². The van der Waals surface area contributed by atoms with E-state index in [0.717, 1.165) is 37.2 Å². The average Bonchev–Trinajstić information content (AvgIpc) is 2.47. The second-order valence-corrected chi connectivity index (χ2v) is 5.86. The van der Waals surface area contributed by atoms with Crippen molar-refractivity contribution in [2.45, 2.75) is 33.2 Å². The number of carbonyl (C=O) groups is 1. The summed E-state index contributed by atoms with van der Waals surface area (Å²) in [5, 5.41) is 0. The first kappa shape index (κ1) is 15.0. The van der Waals surface area contributed by atoms with E-state index in [4.69, 9.17) is 4.74 Å². The van der Waals surface area contributed by atoms with E-state index in [1.807, 2.05) is 12.1 Å². The van der Waals surface area contributed by atoms with Crippen LogP contribution >= 0.6 is 0 Å². The van der Waals surface area contributed by atoms with Gasteiger partial charge in [-0.3, -0.25) is 4.90 Å². The maximum Gasteiger partial charge on any atom is 0.356 e. The predicted molar refractivity (Wildman–Crippen MR) is 78.4 cm³/mol. The van der Waals surface area contributed by atoms with E-state index in [1.165, 1.54) is 20.0 Å². The van der Waals surface area contributed by atoms with Gasteiger partial charge in [0.25, 0.3) is 0 Å². The Hall–Kier alpha value is -1.42. The second kappa shape index (κ2) is 6.84. The van der Waals surface area contributed by atoms with Gasteiger partial charge >= 0.3 is 5.97 Å². The quantitative estimate of drug-likeness (QED) is 0.793. The zero-order chi connectivity index (χ0) is 14.5. The molecule has 0 bridgehead atoms. The molecule has 1 aromatic rings. The Morgan fingerprint density at radius 2 is 2.10 bits per heavy atom. The van der Waals surface area contributed by atoms with Gasteiger partial charge in [-0.1, -0.05) is 19.9 Å². The summed E-state index contributed by atoms with van der Waals surface area (Å²) in [5.41, 5.74) is 1.33. The highest BCUT2D eigenvalue weighted by atomic mass is 16.5. The number of ether oxygens (including phenoxy) is 1. The van der Waals surface area contributed by atoms with Crippen LogP contribution in [0.4, 0.5) is 0 Å². The van der Waals surface area contributed by atoms with Gasteiger partial charge in [-0.2, -0.15) is 0 Å². The van der Waals surface area contributed by atoms with Crippen molar-refractivity contribution in [3.05, 3.63) is 29.6 Å². The van der Waals surface area contributed by atoms with Crippen molar-refractivity contribution >= 4 is 5.97 Å². The van der Waals surface area contributed by atoms with E-state index in [2.05, 4.69) is 23.7 Å². The molecule has 4 nitrogen and oxygen atoms in total. The first-order valence-electron chi connectivity index (χ1n) is 7.36. The third-order valence-electron chi connectivity index (χ3n) is 4.16. The van der Waals surface area contributed by atoms with Gasteiger partial charge in [0.15, 0.2) is 0 Å². The van der Waals surface area contributed by atoms with Gasteiger partial charge in [0.2, 0.25) is 0 Å². The molecule has 2 heterocycles. The van der Waals surface area contributed by atoms with Crippen LogP contribution in [0, 0.1) is 11.8 Å². The summed E-state index contributed by atoms with van der Waals surface area (Å²) in [7, 11) is 1.38. The summed E-state index contributed by atoms with van der Waals surface area (Å²) in [4.78, 5) is 18.3. The highest BCUT2D eigenvalue weighted by Gasteiger charge is 2.21. The fourth-order valence-corrected chi connectivity index (χ4v) is 2.79. The van der Waals surface area contributed by atoms with Crippen LogP contribution in [-0.4, -0.2) is 36.1 Å². The van der Waals surface area contributed by atoms with Crippen molar-refractivity contribution in [3.8, 4) is 0 Å². The van der Waals surface area contributed by atoms with Crippen LogP contribution in [0.1, 0.15) is 42.9 Å². The van der Waals surface area contributed by atoms with Crippen LogP contribution in [0.25, 0.3) is 0 Å². The number of aromatic nitrogens is 1. The normalized spacial score (nSPS) is 17.4. The van der Waals surface area contributed by atoms with Crippen LogP contribution in [0.5, 0.6) is 0 Å². The van der Waals surface area contributed by atoms with Crippen molar-refractivity contribution < 1.29 is 9.53 Å². The molecule has 1 saturated heterocycles. The highest BCUT2D eigenvalue weighted by molar-refractivity contribution is 5.87. The van der Waals surface area contributed by atoms with Crippen molar-refractivity contribution in [2.75, 3.05) is 20.2 Å². The minimum absolute atomic E-state index is 0.370. The zero-order valence-electron chi connectivity index (χ0n) is 12.6. The zero-order valence-corrected chi connectivity index (χ0v) is 12.6. The van der Waals surface area contributed by atoms with Gasteiger partial charge in [0, 0.05) is 6.54 Å². The van der Waals surface area contributed by atoms with Gasteiger partial charge in [0.1, 0.15) is 5.69 Å². The topological polar surface area (TPSA) is 42.4 Å². The minimum atomic E-state index is -0.370. The van der Waals surface area contributed by atoms with E-state index < -0.39 is 0 Å². The van der Waals surface area contributed by atoms with E-state index in [0.29, 0.717) is 5.69 Å². The van der Waals surface area contributed by atoms with E-state index >= 15 is 0 Å².